The van der Waals surface area contributed by atoms with Crippen LogP contribution in [0.3, 0.4) is 0 Å². The molecule has 0 spiro atoms. The maximum absolute atomic E-state index is 15.0. The quantitative estimate of drug-likeness (QED) is 0.296. The summed E-state index contributed by atoms with van der Waals surface area (Å²) in [6.07, 6.45) is 0. The molecule has 9 nitrogen and oxygen atoms in total. The molecule has 0 saturated carbocycles. The number of aromatic hydroxyl groups is 1. The highest BCUT2D eigenvalue weighted by Gasteiger charge is 2.29. The van der Waals surface area contributed by atoms with Crippen LogP contribution in [0.1, 0.15) is 5.56 Å². The van der Waals surface area contributed by atoms with Crippen molar-refractivity contribution in [2.24, 2.45) is 14.1 Å². The van der Waals surface area contributed by atoms with Gasteiger partial charge in [0.25, 0.3) is 17.1 Å². The van der Waals surface area contributed by atoms with Crippen LogP contribution in [0.4, 0.5) is 4.39 Å². The first-order valence-electron chi connectivity index (χ1n) is 9.71. The van der Waals surface area contributed by atoms with E-state index in [4.69, 9.17) is 4.74 Å². The number of aryl methyl sites for hydroxylation is 1. The number of methoxy groups -OCH3 is 1. The number of aromatic nitrogens is 4. The molecule has 0 bridgehead atoms. The molecule has 0 atom stereocenters. The Morgan fingerprint density at radius 1 is 1.12 bits per heavy atom. The van der Waals surface area contributed by atoms with Gasteiger partial charge in [0, 0.05) is 3.57 Å². The van der Waals surface area contributed by atoms with Crippen LogP contribution in [-0.2, 0) is 20.6 Å². The molecule has 0 aliphatic carbocycles. The van der Waals surface area contributed by atoms with Crippen LogP contribution >= 0.6 is 22.6 Å². The number of rotatable bonds is 4. The minimum atomic E-state index is -0.855. The van der Waals surface area contributed by atoms with Gasteiger partial charge in [-0.2, -0.15) is 13.7 Å². The lowest BCUT2D eigenvalue weighted by Crippen LogP contribution is -2.55. The van der Waals surface area contributed by atoms with Gasteiger partial charge in [0.2, 0.25) is 0 Å². The average Bonchev–Trinajstić information content (AvgIpc) is 2.80. The van der Waals surface area contributed by atoms with Crippen molar-refractivity contribution < 1.29 is 18.8 Å². The van der Waals surface area contributed by atoms with E-state index < -0.39 is 28.6 Å². The van der Waals surface area contributed by atoms with Gasteiger partial charge in [-0.05, 0) is 58.5 Å². The maximum atomic E-state index is 15.0. The highest BCUT2D eigenvalue weighted by atomic mass is 127. The Bertz CT molecular complexity index is 1590. The summed E-state index contributed by atoms with van der Waals surface area (Å²) >= 11 is 1.93. The fraction of sp³-hybridized carbons (Fsp3) is 0.182. The Morgan fingerprint density at radius 3 is 2.39 bits per heavy atom. The molecule has 4 aromatic rings. The zero-order valence-corrected chi connectivity index (χ0v) is 20.0. The van der Waals surface area contributed by atoms with E-state index in [0.717, 1.165) is 18.3 Å². The Labute approximate surface area is 199 Å². The Hall–Kier alpha value is -3.48. The van der Waals surface area contributed by atoms with E-state index >= 15 is 0 Å². The predicted molar refractivity (Wildman–Crippen MR) is 127 cm³/mol. The van der Waals surface area contributed by atoms with E-state index in [1.165, 1.54) is 33.3 Å². The Kier molecular flexibility index (Phi) is 5.82. The molecule has 2 aromatic heterocycles. The van der Waals surface area contributed by atoms with Crippen LogP contribution in [0.25, 0.3) is 16.7 Å². The summed E-state index contributed by atoms with van der Waals surface area (Å²) in [5.41, 5.74) is -2.11. The van der Waals surface area contributed by atoms with Gasteiger partial charge in [-0.3, -0.25) is 4.79 Å². The molecule has 33 heavy (non-hydrogen) atoms. The van der Waals surface area contributed by atoms with Crippen LogP contribution in [-0.4, -0.2) is 25.9 Å². The van der Waals surface area contributed by atoms with E-state index in [0.29, 0.717) is 14.9 Å². The minimum Gasteiger partial charge on any atom is -0.497 e. The molecular weight excluding hydrogens is 546 g/mol. The summed E-state index contributed by atoms with van der Waals surface area (Å²) < 4.78 is 24.5. The third-order valence-corrected chi connectivity index (χ3v) is 6.07. The first-order valence-corrected chi connectivity index (χ1v) is 10.8. The lowest BCUT2D eigenvalue weighted by atomic mass is 10.2. The molecular formula is C22H19FIN4O5+. The zero-order valence-electron chi connectivity index (χ0n) is 17.9. The summed E-state index contributed by atoms with van der Waals surface area (Å²) in [7, 11) is 4.16. The predicted octanol–water partition coefficient (Wildman–Crippen LogP) is 1.18. The third-order valence-electron chi connectivity index (χ3n) is 5.40. The van der Waals surface area contributed by atoms with Gasteiger partial charge in [-0.15, -0.1) is 0 Å². The van der Waals surface area contributed by atoms with Crippen LogP contribution in [0.2, 0.25) is 0 Å². The monoisotopic (exact) mass is 565 g/mol. The molecule has 2 aromatic carbocycles. The van der Waals surface area contributed by atoms with Gasteiger partial charge in [0.15, 0.2) is 11.2 Å². The fourth-order valence-electron chi connectivity index (χ4n) is 3.66. The molecule has 0 radical (unpaired) electrons. The number of nitrogens with zero attached hydrogens (tertiary/aromatic N) is 4. The Morgan fingerprint density at radius 2 is 1.79 bits per heavy atom. The SMILES string of the molecule is COc1ccc(Cn2c(=O)c3c(O)n(C)c(=O)[n+](C)c3n(-c3ccc(I)cc3F)c2=O)cc1. The second kappa shape index (κ2) is 8.46. The second-order valence-electron chi connectivity index (χ2n) is 7.38. The van der Waals surface area contributed by atoms with Crippen molar-refractivity contribution in [3.63, 3.8) is 0 Å². The normalized spacial score (nSPS) is 11.2. The minimum absolute atomic E-state index is 0.143. The number of fused-ring (bicyclic) bond motifs is 1. The van der Waals surface area contributed by atoms with E-state index in [1.807, 2.05) is 22.6 Å². The molecule has 11 heteroatoms. The van der Waals surface area contributed by atoms with Crippen molar-refractivity contribution in [3.8, 4) is 17.3 Å². The summed E-state index contributed by atoms with van der Waals surface area (Å²) in [6.45, 7) is -0.143. The van der Waals surface area contributed by atoms with E-state index in [1.54, 1.807) is 30.3 Å². The highest BCUT2D eigenvalue weighted by molar-refractivity contribution is 14.1. The van der Waals surface area contributed by atoms with Gasteiger partial charge in [0.1, 0.15) is 11.4 Å². The van der Waals surface area contributed by atoms with Crippen molar-refractivity contribution in [1.29, 1.82) is 0 Å². The smallest absolute Gasteiger partial charge is 0.445 e. The topological polar surface area (TPSA) is 99.3 Å². The van der Waals surface area contributed by atoms with Crippen molar-refractivity contribution in [1.82, 2.24) is 13.7 Å². The average molecular weight is 565 g/mol. The first kappa shape index (κ1) is 22.7. The molecule has 0 amide bonds. The molecule has 2 heterocycles. The third kappa shape index (κ3) is 3.71. The van der Waals surface area contributed by atoms with E-state index in [-0.39, 0.29) is 23.3 Å². The molecule has 0 fully saturated rings. The van der Waals surface area contributed by atoms with Gasteiger partial charge in [-0.1, -0.05) is 12.1 Å². The van der Waals surface area contributed by atoms with Crippen LogP contribution < -0.4 is 26.2 Å². The number of hydrogen-bond acceptors (Lipinski definition) is 5. The maximum Gasteiger partial charge on any atom is 0.445 e. The number of hydrogen-bond donors (Lipinski definition) is 1. The van der Waals surface area contributed by atoms with Crippen molar-refractivity contribution in [3.05, 3.63) is 88.7 Å². The van der Waals surface area contributed by atoms with E-state index in [2.05, 4.69) is 0 Å². The largest absolute Gasteiger partial charge is 0.497 e. The molecule has 0 unspecified atom stereocenters. The highest BCUT2D eigenvalue weighted by Crippen LogP contribution is 2.21. The molecule has 170 valence electrons. The molecule has 0 saturated heterocycles. The number of ether oxygens (including phenoxy) is 1. The van der Waals surface area contributed by atoms with Gasteiger partial charge in [0.05, 0.1) is 27.7 Å². The lowest BCUT2D eigenvalue weighted by molar-refractivity contribution is -0.667. The van der Waals surface area contributed by atoms with Crippen molar-refractivity contribution >= 4 is 33.6 Å². The van der Waals surface area contributed by atoms with Gasteiger partial charge >= 0.3 is 11.4 Å². The molecule has 1 N–H and O–H groups in total. The lowest BCUT2D eigenvalue weighted by Gasteiger charge is -2.13. The molecule has 4 rings (SSSR count). The standard InChI is InChI=1S/C22H18FIN4O5/c1-25-18-17(19(29)26(2)21(25)31)20(30)27(11-12-4-7-14(33-3)8-5-12)22(32)28(18)16-9-6-13(24)10-15(16)23/h4-10H,11H2,1-3H3/p+1. The number of halogens is 2. The van der Waals surface area contributed by atoms with Crippen LogP contribution in [0.15, 0.2) is 56.8 Å². The van der Waals surface area contributed by atoms with Crippen LogP contribution in [0, 0.1) is 9.39 Å². The van der Waals surface area contributed by atoms with Crippen LogP contribution in [0.5, 0.6) is 11.6 Å². The van der Waals surface area contributed by atoms with E-state index in [9.17, 15) is 23.9 Å². The van der Waals surface area contributed by atoms with Crippen molar-refractivity contribution in [2.75, 3.05) is 7.11 Å². The van der Waals surface area contributed by atoms with Gasteiger partial charge in [-0.25, -0.2) is 18.5 Å². The summed E-state index contributed by atoms with van der Waals surface area (Å²) in [4.78, 5) is 39.6. The second-order valence-corrected chi connectivity index (χ2v) is 8.62. The summed E-state index contributed by atoms with van der Waals surface area (Å²) in [5.74, 6) is -0.746. The first-order chi connectivity index (χ1) is 15.6. The fourth-order valence-corrected chi connectivity index (χ4v) is 4.11. The van der Waals surface area contributed by atoms with Crippen molar-refractivity contribution in [2.45, 2.75) is 6.54 Å². The molecule has 0 aliphatic heterocycles. The van der Waals surface area contributed by atoms with Gasteiger partial charge < -0.3 is 9.84 Å². The number of benzene rings is 2. The molecule has 0 aliphatic rings. The zero-order chi connectivity index (χ0) is 24.0. The Balaban J connectivity index is 2.15. The summed E-state index contributed by atoms with van der Waals surface area (Å²) in [5, 5.41) is 10.4. The summed E-state index contributed by atoms with van der Waals surface area (Å²) in [6, 6.07) is 10.9.